The molecular formula is C23H26N4O2. The van der Waals surface area contributed by atoms with E-state index in [9.17, 15) is 4.79 Å². The zero-order valence-electron chi connectivity index (χ0n) is 16.6. The maximum absolute atomic E-state index is 12.3. The summed E-state index contributed by atoms with van der Waals surface area (Å²) in [5.41, 5.74) is 10.7. The van der Waals surface area contributed by atoms with Gasteiger partial charge in [0.15, 0.2) is 0 Å². The molecular weight excluding hydrogens is 364 g/mol. The van der Waals surface area contributed by atoms with Crippen LogP contribution >= 0.6 is 0 Å². The molecule has 150 valence electrons. The summed E-state index contributed by atoms with van der Waals surface area (Å²) in [5.74, 6) is 1.63. The molecule has 0 saturated heterocycles. The van der Waals surface area contributed by atoms with Crippen molar-refractivity contribution in [3.63, 3.8) is 0 Å². The van der Waals surface area contributed by atoms with Crippen molar-refractivity contribution in [2.24, 2.45) is 12.8 Å². The highest BCUT2D eigenvalue weighted by atomic mass is 16.5. The Labute approximate surface area is 170 Å². The van der Waals surface area contributed by atoms with Crippen LogP contribution in [0.15, 0.2) is 54.9 Å². The molecule has 1 unspecified atom stereocenters. The fourth-order valence-corrected chi connectivity index (χ4v) is 3.56. The van der Waals surface area contributed by atoms with E-state index in [0.717, 1.165) is 42.1 Å². The Hall–Kier alpha value is -3.12. The molecule has 0 fully saturated rings. The third-order valence-electron chi connectivity index (χ3n) is 5.32. The quantitative estimate of drug-likeness (QED) is 0.678. The highest BCUT2D eigenvalue weighted by Crippen LogP contribution is 2.30. The molecule has 0 spiro atoms. The van der Waals surface area contributed by atoms with Gasteiger partial charge in [-0.3, -0.25) is 4.79 Å². The molecule has 0 saturated carbocycles. The average Bonchev–Trinajstić information content (AvgIpc) is 3.16. The molecule has 0 aliphatic carbocycles. The van der Waals surface area contributed by atoms with Crippen molar-refractivity contribution in [2.75, 3.05) is 6.61 Å². The molecule has 6 nitrogen and oxygen atoms in total. The molecule has 3 aromatic rings. The Kier molecular flexibility index (Phi) is 5.62. The van der Waals surface area contributed by atoms with Gasteiger partial charge in [-0.1, -0.05) is 30.3 Å². The molecule has 1 atom stereocenters. The Morgan fingerprint density at radius 2 is 2.03 bits per heavy atom. The van der Waals surface area contributed by atoms with Crippen LogP contribution in [0.1, 0.15) is 23.4 Å². The lowest BCUT2D eigenvalue weighted by atomic mass is 9.98. The van der Waals surface area contributed by atoms with Crippen LogP contribution in [0.5, 0.6) is 5.75 Å². The summed E-state index contributed by atoms with van der Waals surface area (Å²) < 4.78 is 7.56. The monoisotopic (exact) mass is 390 g/mol. The van der Waals surface area contributed by atoms with E-state index in [2.05, 4.69) is 40.6 Å². The van der Waals surface area contributed by atoms with Crippen LogP contribution in [0.4, 0.5) is 0 Å². The number of hydrogen-bond acceptors (Lipinski definition) is 4. The lowest BCUT2D eigenvalue weighted by Gasteiger charge is -2.18. The van der Waals surface area contributed by atoms with Crippen molar-refractivity contribution < 1.29 is 9.53 Å². The van der Waals surface area contributed by atoms with Gasteiger partial charge in [-0.05, 0) is 47.2 Å². The van der Waals surface area contributed by atoms with Gasteiger partial charge >= 0.3 is 0 Å². The third kappa shape index (κ3) is 4.49. The second-order valence-electron chi connectivity index (χ2n) is 7.45. The van der Waals surface area contributed by atoms with Crippen molar-refractivity contribution in [3.8, 4) is 16.9 Å². The predicted octanol–water partition coefficient (Wildman–Crippen LogP) is 2.60. The number of aromatic nitrogens is 2. The molecule has 1 aliphatic heterocycles. The molecule has 29 heavy (non-hydrogen) atoms. The number of nitrogens with zero attached hydrogens (tertiary/aromatic N) is 2. The molecule has 2 aromatic carbocycles. The van der Waals surface area contributed by atoms with Crippen molar-refractivity contribution in [1.82, 2.24) is 14.9 Å². The number of imidazole rings is 1. The van der Waals surface area contributed by atoms with Crippen LogP contribution in [-0.4, -0.2) is 28.1 Å². The number of fused-ring (bicyclic) bond motifs is 1. The second kappa shape index (κ2) is 8.49. The Morgan fingerprint density at radius 1 is 1.24 bits per heavy atom. The molecule has 0 bridgehead atoms. The number of hydrogen-bond donors (Lipinski definition) is 2. The number of carbonyl (C=O) groups excluding carboxylic acids is 1. The highest BCUT2D eigenvalue weighted by molar-refractivity contribution is 5.81. The molecule has 4 rings (SSSR count). The fraction of sp³-hybridized carbons (Fsp3) is 0.304. The lowest BCUT2D eigenvalue weighted by molar-refractivity contribution is -0.122. The number of nitrogens with two attached hydrogens (primary N) is 1. The van der Waals surface area contributed by atoms with Crippen LogP contribution in [-0.2, 0) is 31.2 Å². The lowest BCUT2D eigenvalue weighted by Crippen LogP contribution is -2.42. The van der Waals surface area contributed by atoms with Crippen LogP contribution < -0.4 is 15.8 Å². The largest absolute Gasteiger partial charge is 0.493 e. The van der Waals surface area contributed by atoms with Crippen molar-refractivity contribution in [3.05, 3.63) is 71.8 Å². The predicted molar refractivity (Wildman–Crippen MR) is 112 cm³/mol. The van der Waals surface area contributed by atoms with Crippen LogP contribution in [0.25, 0.3) is 11.1 Å². The van der Waals surface area contributed by atoms with Gasteiger partial charge in [0.05, 0.1) is 12.6 Å². The normalized spacial score (nSPS) is 14.0. The zero-order chi connectivity index (χ0) is 20.2. The highest BCUT2D eigenvalue weighted by Gasteiger charge is 2.16. The first-order valence-corrected chi connectivity index (χ1v) is 9.94. The summed E-state index contributed by atoms with van der Waals surface area (Å²) in [4.78, 5) is 16.5. The van der Waals surface area contributed by atoms with Gasteiger partial charge in [-0.2, -0.15) is 0 Å². The van der Waals surface area contributed by atoms with Gasteiger partial charge in [-0.25, -0.2) is 4.98 Å². The number of carbonyl (C=O) groups is 1. The maximum Gasteiger partial charge on any atom is 0.237 e. The topological polar surface area (TPSA) is 82.2 Å². The van der Waals surface area contributed by atoms with Gasteiger partial charge in [0.2, 0.25) is 5.91 Å². The molecule has 2 heterocycles. The second-order valence-corrected chi connectivity index (χ2v) is 7.45. The summed E-state index contributed by atoms with van der Waals surface area (Å²) >= 11 is 0. The summed E-state index contributed by atoms with van der Waals surface area (Å²) in [6, 6.07) is 14.0. The van der Waals surface area contributed by atoms with E-state index in [1.165, 1.54) is 11.1 Å². The van der Waals surface area contributed by atoms with Crippen molar-refractivity contribution in [1.29, 1.82) is 0 Å². The number of rotatable bonds is 6. The van der Waals surface area contributed by atoms with Crippen LogP contribution in [0.3, 0.4) is 0 Å². The number of aryl methyl sites for hydroxylation is 2. The number of ether oxygens (including phenoxy) is 1. The fourth-order valence-electron chi connectivity index (χ4n) is 3.56. The molecule has 1 amide bonds. The Balaban J connectivity index is 1.35. The van der Waals surface area contributed by atoms with Crippen LogP contribution in [0.2, 0.25) is 0 Å². The van der Waals surface area contributed by atoms with E-state index in [1.807, 2.05) is 29.9 Å². The van der Waals surface area contributed by atoms with E-state index in [4.69, 9.17) is 10.5 Å². The molecule has 6 heteroatoms. The minimum absolute atomic E-state index is 0.174. The zero-order valence-corrected chi connectivity index (χ0v) is 16.6. The van der Waals surface area contributed by atoms with E-state index in [0.29, 0.717) is 13.0 Å². The van der Waals surface area contributed by atoms with Gasteiger partial charge < -0.3 is 20.4 Å². The van der Waals surface area contributed by atoms with Gasteiger partial charge in [0, 0.05) is 32.4 Å². The molecule has 1 aliphatic rings. The molecule has 0 radical (unpaired) electrons. The van der Waals surface area contributed by atoms with Crippen molar-refractivity contribution >= 4 is 5.91 Å². The Bertz CT molecular complexity index is 994. The number of amides is 1. The Morgan fingerprint density at radius 3 is 2.79 bits per heavy atom. The number of benzene rings is 2. The van der Waals surface area contributed by atoms with Crippen LogP contribution in [0, 0.1) is 0 Å². The standard InChI is InChI=1S/C23H26N4O2/c1-27-11-10-25-22(27)14-20(24)23(28)26-15-16-4-6-17(7-5-16)18-8-9-21-19(13-18)3-2-12-29-21/h4-11,13,20H,2-3,12,14-15,24H2,1H3,(H,26,28). The van der Waals surface area contributed by atoms with E-state index in [1.54, 1.807) is 6.20 Å². The maximum atomic E-state index is 12.3. The first-order chi connectivity index (χ1) is 14.1. The minimum Gasteiger partial charge on any atom is -0.493 e. The molecule has 1 aromatic heterocycles. The summed E-state index contributed by atoms with van der Waals surface area (Å²) in [6.07, 6.45) is 6.09. The minimum atomic E-state index is -0.618. The first kappa shape index (κ1) is 19.2. The van der Waals surface area contributed by atoms with Crippen molar-refractivity contribution in [2.45, 2.75) is 31.8 Å². The van der Waals surface area contributed by atoms with E-state index >= 15 is 0 Å². The van der Waals surface area contributed by atoms with E-state index < -0.39 is 6.04 Å². The average molecular weight is 390 g/mol. The van der Waals surface area contributed by atoms with Gasteiger partial charge in [0.1, 0.15) is 11.6 Å². The van der Waals surface area contributed by atoms with Gasteiger partial charge in [0.25, 0.3) is 0 Å². The first-order valence-electron chi connectivity index (χ1n) is 9.94. The third-order valence-corrected chi connectivity index (χ3v) is 5.32. The smallest absolute Gasteiger partial charge is 0.237 e. The SMILES string of the molecule is Cn1ccnc1CC(N)C(=O)NCc1ccc(-c2ccc3c(c2)CCCO3)cc1. The summed E-state index contributed by atoms with van der Waals surface area (Å²) in [7, 11) is 1.89. The number of nitrogens with one attached hydrogen (secondary N) is 1. The summed E-state index contributed by atoms with van der Waals surface area (Å²) in [5, 5.41) is 2.91. The summed E-state index contributed by atoms with van der Waals surface area (Å²) in [6.45, 7) is 1.25. The molecule has 3 N–H and O–H groups in total. The van der Waals surface area contributed by atoms with Gasteiger partial charge in [-0.15, -0.1) is 0 Å². The van der Waals surface area contributed by atoms with E-state index in [-0.39, 0.29) is 5.91 Å².